The first-order valence-electron chi connectivity index (χ1n) is 6.99. The molecule has 3 nitrogen and oxygen atoms in total. The van der Waals surface area contributed by atoms with E-state index in [0.717, 1.165) is 30.9 Å². The Bertz CT molecular complexity index is 422. The summed E-state index contributed by atoms with van der Waals surface area (Å²) in [7, 11) is 4.20. The van der Waals surface area contributed by atoms with Crippen molar-refractivity contribution in [1.29, 1.82) is 0 Å². The van der Waals surface area contributed by atoms with E-state index in [1.807, 2.05) is 13.1 Å². The molecule has 1 aromatic carbocycles. The van der Waals surface area contributed by atoms with Gasteiger partial charge < -0.3 is 15.5 Å². The van der Waals surface area contributed by atoms with Crippen molar-refractivity contribution in [2.24, 2.45) is 11.7 Å². The number of rotatable bonds is 5. The fourth-order valence-electron chi connectivity index (χ4n) is 2.96. The van der Waals surface area contributed by atoms with Crippen molar-refractivity contribution in [3.05, 3.63) is 29.6 Å². The van der Waals surface area contributed by atoms with Crippen LogP contribution >= 0.6 is 0 Å². The second-order valence-electron chi connectivity index (χ2n) is 5.57. The normalized spacial score (nSPS) is 19.9. The quantitative estimate of drug-likeness (QED) is 0.880. The Morgan fingerprint density at radius 1 is 1.47 bits per heavy atom. The molecule has 1 aliphatic rings. The molecule has 1 unspecified atom stereocenters. The summed E-state index contributed by atoms with van der Waals surface area (Å²) in [5.74, 6) is 0.530. The summed E-state index contributed by atoms with van der Waals surface area (Å²) in [5.41, 5.74) is 7.32. The van der Waals surface area contributed by atoms with E-state index in [4.69, 9.17) is 5.73 Å². The van der Waals surface area contributed by atoms with Crippen LogP contribution in [0.15, 0.2) is 18.2 Å². The van der Waals surface area contributed by atoms with Gasteiger partial charge in [-0.05, 0) is 51.0 Å². The minimum Gasteiger partial charge on any atom is -0.374 e. The zero-order chi connectivity index (χ0) is 13.8. The Hall–Kier alpha value is -1.13. The van der Waals surface area contributed by atoms with E-state index < -0.39 is 0 Å². The summed E-state index contributed by atoms with van der Waals surface area (Å²) >= 11 is 0. The molecule has 0 radical (unpaired) electrons. The predicted molar refractivity (Wildman–Crippen MR) is 78.0 cm³/mol. The van der Waals surface area contributed by atoms with E-state index in [2.05, 4.69) is 16.8 Å². The molecule has 1 aliphatic heterocycles. The predicted octanol–water partition coefficient (Wildman–Crippen LogP) is 1.71. The molecule has 1 saturated heterocycles. The van der Waals surface area contributed by atoms with Crippen molar-refractivity contribution >= 4 is 5.69 Å². The van der Waals surface area contributed by atoms with Crippen LogP contribution in [0.2, 0.25) is 0 Å². The molecule has 4 heteroatoms. The molecule has 2 rings (SSSR count). The fraction of sp³-hybridized carbons (Fsp3) is 0.600. The zero-order valence-corrected chi connectivity index (χ0v) is 11.9. The minimum atomic E-state index is -0.140. The lowest BCUT2D eigenvalue weighted by Gasteiger charge is -2.25. The number of nitrogens with zero attached hydrogens (tertiary/aromatic N) is 2. The maximum atomic E-state index is 13.9. The molecule has 2 N–H and O–H groups in total. The highest BCUT2D eigenvalue weighted by Gasteiger charge is 2.22. The van der Waals surface area contributed by atoms with Gasteiger partial charge in [-0.2, -0.15) is 0 Å². The van der Waals surface area contributed by atoms with Gasteiger partial charge in [0.25, 0.3) is 0 Å². The highest BCUT2D eigenvalue weighted by atomic mass is 19.1. The Kier molecular flexibility index (Phi) is 4.77. The number of hydrogen-bond donors (Lipinski definition) is 1. The van der Waals surface area contributed by atoms with E-state index >= 15 is 0 Å². The SMILES string of the molecule is CN1CCC(CN(C)c2cccc(F)c2CCN)C1. The Balaban J connectivity index is 2.09. The highest BCUT2D eigenvalue weighted by Crippen LogP contribution is 2.25. The van der Waals surface area contributed by atoms with Crippen LogP contribution in [0.4, 0.5) is 10.1 Å². The second-order valence-corrected chi connectivity index (χ2v) is 5.57. The molecule has 1 atom stereocenters. The smallest absolute Gasteiger partial charge is 0.128 e. The van der Waals surface area contributed by atoms with Crippen molar-refractivity contribution in [2.45, 2.75) is 12.8 Å². The second kappa shape index (κ2) is 6.35. The van der Waals surface area contributed by atoms with Crippen molar-refractivity contribution in [2.75, 3.05) is 45.2 Å². The standard InChI is InChI=1S/C15H24FN3/c1-18-9-7-12(10-18)11-19(2)15-5-3-4-14(16)13(15)6-8-17/h3-5,12H,6-11,17H2,1-2H3. The lowest BCUT2D eigenvalue weighted by atomic mass is 10.1. The number of nitrogens with two attached hydrogens (primary N) is 1. The summed E-state index contributed by atoms with van der Waals surface area (Å²) in [6.45, 7) is 3.75. The molecule has 1 fully saturated rings. The van der Waals surface area contributed by atoms with Gasteiger partial charge in [0.1, 0.15) is 5.82 Å². The van der Waals surface area contributed by atoms with Gasteiger partial charge in [0.05, 0.1) is 0 Å². The third-order valence-corrected chi connectivity index (χ3v) is 3.92. The lowest BCUT2D eigenvalue weighted by Crippen LogP contribution is -2.28. The van der Waals surface area contributed by atoms with E-state index in [1.54, 1.807) is 6.07 Å². The molecule has 0 amide bonds. The number of likely N-dealkylation sites (tertiary alicyclic amines) is 1. The maximum Gasteiger partial charge on any atom is 0.128 e. The average molecular weight is 265 g/mol. The zero-order valence-electron chi connectivity index (χ0n) is 11.9. The molecular weight excluding hydrogens is 241 g/mol. The van der Waals surface area contributed by atoms with E-state index in [9.17, 15) is 4.39 Å². The Morgan fingerprint density at radius 2 is 2.26 bits per heavy atom. The van der Waals surface area contributed by atoms with Crippen molar-refractivity contribution < 1.29 is 4.39 Å². The summed E-state index contributed by atoms with van der Waals surface area (Å²) in [4.78, 5) is 4.53. The van der Waals surface area contributed by atoms with E-state index in [1.165, 1.54) is 12.5 Å². The van der Waals surface area contributed by atoms with Crippen LogP contribution in [0.1, 0.15) is 12.0 Å². The molecule has 0 spiro atoms. The third kappa shape index (κ3) is 3.45. The molecular formula is C15H24FN3. The minimum absolute atomic E-state index is 0.140. The first-order valence-corrected chi connectivity index (χ1v) is 6.99. The summed E-state index contributed by atoms with van der Waals surface area (Å²) in [6, 6.07) is 5.29. The molecule has 106 valence electrons. The number of anilines is 1. The van der Waals surface area contributed by atoms with E-state index in [0.29, 0.717) is 18.9 Å². The summed E-state index contributed by atoms with van der Waals surface area (Å²) in [6.07, 6.45) is 1.82. The Labute approximate surface area is 115 Å². The number of benzene rings is 1. The summed E-state index contributed by atoms with van der Waals surface area (Å²) < 4.78 is 13.9. The molecule has 0 bridgehead atoms. The van der Waals surface area contributed by atoms with Crippen LogP contribution in [0.5, 0.6) is 0 Å². The van der Waals surface area contributed by atoms with Gasteiger partial charge in [-0.1, -0.05) is 6.07 Å². The molecule has 1 heterocycles. The topological polar surface area (TPSA) is 32.5 Å². The van der Waals surface area contributed by atoms with Gasteiger partial charge in [0.15, 0.2) is 0 Å². The van der Waals surface area contributed by atoms with Crippen molar-refractivity contribution in [3.8, 4) is 0 Å². The van der Waals surface area contributed by atoms with Crippen LogP contribution in [-0.2, 0) is 6.42 Å². The van der Waals surface area contributed by atoms with Crippen LogP contribution < -0.4 is 10.6 Å². The van der Waals surface area contributed by atoms with Gasteiger partial charge in [-0.15, -0.1) is 0 Å². The first kappa shape index (κ1) is 14.3. The van der Waals surface area contributed by atoms with Crippen molar-refractivity contribution in [1.82, 2.24) is 4.90 Å². The molecule has 19 heavy (non-hydrogen) atoms. The van der Waals surface area contributed by atoms with Crippen molar-refractivity contribution in [3.63, 3.8) is 0 Å². The third-order valence-electron chi connectivity index (χ3n) is 3.92. The van der Waals surface area contributed by atoms with Gasteiger partial charge in [0, 0.05) is 31.4 Å². The molecule has 0 aromatic heterocycles. The van der Waals surface area contributed by atoms with Crippen LogP contribution in [0.25, 0.3) is 0 Å². The lowest BCUT2D eigenvalue weighted by molar-refractivity contribution is 0.396. The highest BCUT2D eigenvalue weighted by molar-refractivity contribution is 5.54. The molecule has 0 aliphatic carbocycles. The van der Waals surface area contributed by atoms with Gasteiger partial charge in [-0.3, -0.25) is 0 Å². The van der Waals surface area contributed by atoms with E-state index in [-0.39, 0.29) is 5.82 Å². The summed E-state index contributed by atoms with van der Waals surface area (Å²) in [5, 5.41) is 0. The molecule has 1 aromatic rings. The monoisotopic (exact) mass is 265 g/mol. The first-order chi connectivity index (χ1) is 9.11. The Morgan fingerprint density at radius 3 is 2.89 bits per heavy atom. The van der Waals surface area contributed by atoms with Gasteiger partial charge >= 0.3 is 0 Å². The van der Waals surface area contributed by atoms with Gasteiger partial charge in [-0.25, -0.2) is 4.39 Å². The molecule has 0 saturated carbocycles. The average Bonchev–Trinajstić information content (AvgIpc) is 2.77. The number of halogens is 1. The number of hydrogen-bond acceptors (Lipinski definition) is 3. The fourth-order valence-corrected chi connectivity index (χ4v) is 2.96. The van der Waals surface area contributed by atoms with Gasteiger partial charge in [0.2, 0.25) is 0 Å². The van der Waals surface area contributed by atoms with Crippen LogP contribution in [0, 0.1) is 11.7 Å². The van der Waals surface area contributed by atoms with Crippen LogP contribution in [-0.4, -0.2) is 45.2 Å². The van der Waals surface area contributed by atoms with Crippen LogP contribution in [0.3, 0.4) is 0 Å². The largest absolute Gasteiger partial charge is 0.374 e. The maximum absolute atomic E-state index is 13.9.